The minimum atomic E-state index is -0.479. The molecule has 3 rings (SSSR count). The molecule has 0 saturated heterocycles. The van der Waals surface area contributed by atoms with Gasteiger partial charge >= 0.3 is 0 Å². The summed E-state index contributed by atoms with van der Waals surface area (Å²) in [5, 5.41) is 7.81. The normalized spacial score (nSPS) is 28.0. The van der Waals surface area contributed by atoms with Gasteiger partial charge in [-0.15, -0.1) is 0 Å². The average Bonchev–Trinajstić information content (AvgIpc) is 3.08. The number of aromatic nitrogens is 1. The lowest BCUT2D eigenvalue weighted by Crippen LogP contribution is -2.52. The molecule has 1 amide bonds. The molecule has 0 aromatic carbocycles. The Balaban J connectivity index is 1.91. The number of hydrogen-bond acceptors (Lipinski definition) is 4. The van der Waals surface area contributed by atoms with Gasteiger partial charge in [-0.25, -0.2) is 4.98 Å². The Morgan fingerprint density at radius 1 is 1.42 bits per heavy atom. The number of nitrogens with zero attached hydrogens (tertiary/aromatic N) is 3. The van der Waals surface area contributed by atoms with Crippen molar-refractivity contribution < 1.29 is 14.1 Å². The van der Waals surface area contributed by atoms with E-state index in [-0.39, 0.29) is 11.9 Å². The van der Waals surface area contributed by atoms with Crippen LogP contribution in [0.3, 0.4) is 0 Å². The summed E-state index contributed by atoms with van der Waals surface area (Å²) in [6.07, 6.45) is 8.27. The van der Waals surface area contributed by atoms with E-state index < -0.39 is 5.54 Å². The van der Waals surface area contributed by atoms with Crippen molar-refractivity contribution in [3.05, 3.63) is 47.3 Å². The van der Waals surface area contributed by atoms with E-state index in [2.05, 4.69) is 35.4 Å². The maximum absolute atomic E-state index is 13.0. The van der Waals surface area contributed by atoms with Crippen molar-refractivity contribution in [2.75, 3.05) is 13.7 Å². The van der Waals surface area contributed by atoms with Crippen molar-refractivity contribution in [3.8, 4) is 5.88 Å². The predicted molar refractivity (Wildman–Crippen MR) is 101 cm³/mol. The van der Waals surface area contributed by atoms with E-state index in [1.807, 2.05) is 38.3 Å². The molecule has 1 aromatic rings. The molecule has 0 radical (unpaired) electrons. The standard InChI is InChI=1S/C20H26N4O2/c1-14(2)24(10-6-8-22-24)13-17-15(3)12-20(4,23-19(17)25)16-7-9-21-18(11-16)26-5/h6-11,14H,12-13H2,1-5H3/p+1. The van der Waals surface area contributed by atoms with E-state index >= 15 is 0 Å². The van der Waals surface area contributed by atoms with Crippen molar-refractivity contribution in [3.63, 3.8) is 0 Å². The highest BCUT2D eigenvalue weighted by molar-refractivity contribution is 5.96. The van der Waals surface area contributed by atoms with Crippen LogP contribution < -0.4 is 10.1 Å². The number of allylic oxidation sites excluding steroid dienone is 1. The molecular weight excluding hydrogens is 328 g/mol. The summed E-state index contributed by atoms with van der Waals surface area (Å²) in [5.41, 5.74) is 2.43. The van der Waals surface area contributed by atoms with Crippen LogP contribution in [-0.4, -0.2) is 41.4 Å². The number of nitrogens with one attached hydrogen (secondary N) is 1. The molecule has 2 aliphatic rings. The quantitative estimate of drug-likeness (QED) is 0.826. The number of carbonyl (C=O) groups excluding carboxylic acids is 1. The van der Waals surface area contributed by atoms with E-state index in [0.29, 0.717) is 17.0 Å². The summed E-state index contributed by atoms with van der Waals surface area (Å²) in [5.74, 6) is 0.520. The minimum absolute atomic E-state index is 0.0271. The van der Waals surface area contributed by atoms with Crippen LogP contribution in [0, 0.1) is 0 Å². The Morgan fingerprint density at radius 2 is 2.19 bits per heavy atom. The van der Waals surface area contributed by atoms with Crippen molar-refractivity contribution in [2.24, 2.45) is 5.10 Å². The molecule has 138 valence electrons. The molecule has 6 nitrogen and oxygen atoms in total. The first-order valence-electron chi connectivity index (χ1n) is 8.92. The second-order valence-electron chi connectivity index (χ2n) is 7.55. The van der Waals surface area contributed by atoms with E-state index in [4.69, 9.17) is 4.74 Å². The lowest BCUT2D eigenvalue weighted by Gasteiger charge is -2.39. The molecule has 1 aromatic heterocycles. The van der Waals surface area contributed by atoms with Crippen LogP contribution >= 0.6 is 0 Å². The smallest absolute Gasteiger partial charge is 0.253 e. The third kappa shape index (κ3) is 3.17. The molecule has 3 heterocycles. The fraction of sp³-hybridized carbons (Fsp3) is 0.450. The Labute approximate surface area is 154 Å². The molecular formula is C20H27N4O2+. The third-order valence-electron chi connectivity index (χ3n) is 5.40. The molecule has 0 saturated carbocycles. The van der Waals surface area contributed by atoms with Gasteiger partial charge in [-0.1, -0.05) is 10.7 Å². The van der Waals surface area contributed by atoms with Crippen LogP contribution in [0.5, 0.6) is 5.88 Å². The summed E-state index contributed by atoms with van der Waals surface area (Å²) in [6, 6.07) is 4.07. The van der Waals surface area contributed by atoms with Gasteiger partial charge in [0.15, 0.2) is 0 Å². The highest BCUT2D eigenvalue weighted by Crippen LogP contribution is 2.36. The first-order valence-corrected chi connectivity index (χ1v) is 8.92. The zero-order valence-corrected chi connectivity index (χ0v) is 16.1. The van der Waals surface area contributed by atoms with Crippen molar-refractivity contribution in [1.29, 1.82) is 0 Å². The number of ether oxygens (including phenoxy) is 1. The summed E-state index contributed by atoms with van der Waals surface area (Å²) in [6.45, 7) is 8.90. The number of hydrogen-bond donors (Lipinski definition) is 1. The minimum Gasteiger partial charge on any atom is -0.481 e. The molecule has 6 heteroatoms. The van der Waals surface area contributed by atoms with Gasteiger partial charge in [0.05, 0.1) is 24.4 Å². The Hall–Kier alpha value is -2.47. The third-order valence-corrected chi connectivity index (χ3v) is 5.40. The number of amides is 1. The van der Waals surface area contributed by atoms with Crippen LogP contribution in [-0.2, 0) is 10.3 Å². The summed E-state index contributed by atoms with van der Waals surface area (Å²) >= 11 is 0. The fourth-order valence-corrected chi connectivity index (χ4v) is 3.67. The zero-order chi connectivity index (χ0) is 18.9. The van der Waals surface area contributed by atoms with E-state index in [1.54, 1.807) is 13.3 Å². The Kier molecular flexibility index (Phi) is 4.71. The number of rotatable bonds is 5. The lowest BCUT2D eigenvalue weighted by molar-refractivity contribution is -0.899. The van der Waals surface area contributed by atoms with Crippen molar-refractivity contribution in [2.45, 2.75) is 45.7 Å². The van der Waals surface area contributed by atoms with Gasteiger partial charge in [-0.2, -0.15) is 4.59 Å². The molecule has 0 spiro atoms. The van der Waals surface area contributed by atoms with E-state index in [9.17, 15) is 4.79 Å². The van der Waals surface area contributed by atoms with Gasteiger partial charge in [0.25, 0.3) is 5.91 Å². The molecule has 26 heavy (non-hydrogen) atoms. The van der Waals surface area contributed by atoms with Crippen LogP contribution in [0.1, 0.15) is 39.7 Å². The predicted octanol–water partition coefficient (Wildman–Crippen LogP) is 2.88. The van der Waals surface area contributed by atoms with Crippen LogP contribution in [0.25, 0.3) is 0 Å². The lowest BCUT2D eigenvalue weighted by atomic mass is 9.81. The van der Waals surface area contributed by atoms with Crippen molar-refractivity contribution in [1.82, 2.24) is 10.3 Å². The molecule has 0 bridgehead atoms. The van der Waals surface area contributed by atoms with Gasteiger partial charge in [-0.05, 0) is 45.7 Å². The number of pyridine rings is 1. The fourth-order valence-electron chi connectivity index (χ4n) is 3.67. The molecule has 0 fully saturated rings. The van der Waals surface area contributed by atoms with Gasteiger partial charge in [0.1, 0.15) is 18.8 Å². The largest absolute Gasteiger partial charge is 0.481 e. The molecule has 2 atom stereocenters. The first-order chi connectivity index (χ1) is 12.3. The molecule has 2 aliphatic heterocycles. The highest BCUT2D eigenvalue weighted by Gasteiger charge is 2.41. The van der Waals surface area contributed by atoms with Crippen molar-refractivity contribution >= 4 is 12.1 Å². The highest BCUT2D eigenvalue weighted by atomic mass is 16.5. The van der Waals surface area contributed by atoms with E-state index in [1.165, 1.54) is 0 Å². The first kappa shape index (κ1) is 18.3. The Bertz CT molecular complexity index is 798. The zero-order valence-electron chi connectivity index (χ0n) is 16.1. The maximum Gasteiger partial charge on any atom is 0.253 e. The molecule has 1 N–H and O–H groups in total. The topological polar surface area (TPSA) is 63.6 Å². The number of carbonyl (C=O) groups is 1. The van der Waals surface area contributed by atoms with Gasteiger partial charge in [0, 0.05) is 18.3 Å². The average molecular weight is 355 g/mol. The summed E-state index contributed by atoms with van der Waals surface area (Å²) < 4.78 is 5.66. The monoisotopic (exact) mass is 355 g/mol. The van der Waals surface area contributed by atoms with Crippen LogP contribution in [0.15, 0.2) is 46.9 Å². The molecule has 0 aliphatic carbocycles. The second kappa shape index (κ2) is 6.68. The summed E-state index contributed by atoms with van der Waals surface area (Å²) in [4.78, 5) is 17.2. The van der Waals surface area contributed by atoms with E-state index in [0.717, 1.165) is 23.1 Å². The molecule has 2 unspecified atom stereocenters. The second-order valence-corrected chi connectivity index (χ2v) is 7.55. The number of methoxy groups -OCH3 is 1. The maximum atomic E-state index is 13.0. The van der Waals surface area contributed by atoms with Crippen LogP contribution in [0.4, 0.5) is 0 Å². The number of quaternary nitrogens is 1. The SMILES string of the molecule is COc1cc(C2(C)CC(C)=C(C[N+]3(C(C)C)C=CC=N3)C(=O)N2)ccn1. The summed E-state index contributed by atoms with van der Waals surface area (Å²) in [7, 11) is 1.59. The van der Waals surface area contributed by atoms with Crippen LogP contribution in [0.2, 0.25) is 0 Å². The van der Waals surface area contributed by atoms with Gasteiger partial charge in [0.2, 0.25) is 5.88 Å². The van der Waals surface area contributed by atoms with Gasteiger partial charge in [-0.3, -0.25) is 4.79 Å². The Morgan fingerprint density at radius 3 is 2.77 bits per heavy atom. The van der Waals surface area contributed by atoms with Gasteiger partial charge < -0.3 is 10.1 Å².